The molecule has 0 aliphatic heterocycles. The van der Waals surface area contributed by atoms with E-state index in [1.54, 1.807) is 60.3 Å². The predicted molar refractivity (Wildman–Crippen MR) is 120 cm³/mol. The fraction of sp³-hybridized carbons (Fsp3) is 0.182. The van der Waals surface area contributed by atoms with Gasteiger partial charge in [0.2, 0.25) is 0 Å². The van der Waals surface area contributed by atoms with Crippen LogP contribution in [0, 0.1) is 13.8 Å². The maximum absolute atomic E-state index is 12.2. The Hall–Kier alpha value is -3.46. The van der Waals surface area contributed by atoms with Crippen LogP contribution in [0.4, 0.5) is 0 Å². The summed E-state index contributed by atoms with van der Waals surface area (Å²) in [6.45, 7) is 3.81. The molecule has 0 aliphatic carbocycles. The number of nitrogens with zero attached hydrogens (tertiary/aromatic N) is 3. The predicted octanol–water partition coefficient (Wildman–Crippen LogP) is 3.64. The van der Waals surface area contributed by atoms with Crippen molar-refractivity contribution in [3.05, 3.63) is 75.5 Å². The van der Waals surface area contributed by atoms with E-state index in [0.29, 0.717) is 17.1 Å². The van der Waals surface area contributed by atoms with Gasteiger partial charge in [-0.2, -0.15) is 10.2 Å². The molecule has 8 nitrogen and oxygen atoms in total. The Balaban J connectivity index is 1.52. The van der Waals surface area contributed by atoms with Crippen LogP contribution in [-0.4, -0.2) is 35.0 Å². The highest BCUT2D eigenvalue weighted by molar-refractivity contribution is 9.10. The number of amides is 1. The van der Waals surface area contributed by atoms with Gasteiger partial charge >= 0.3 is 5.97 Å². The molecule has 2 aromatic carbocycles. The number of hydrazone groups is 1. The first kappa shape index (κ1) is 22.2. The van der Waals surface area contributed by atoms with Crippen molar-refractivity contribution in [2.45, 2.75) is 20.4 Å². The summed E-state index contributed by atoms with van der Waals surface area (Å²) < 4.78 is 12.9. The summed E-state index contributed by atoms with van der Waals surface area (Å²) in [6.07, 6.45) is 1.50. The van der Waals surface area contributed by atoms with Crippen molar-refractivity contribution in [1.29, 1.82) is 0 Å². The number of aryl methyl sites for hydroxylation is 1. The number of ether oxygens (including phenoxy) is 2. The molecule has 0 saturated heterocycles. The Bertz CT molecular complexity index is 1110. The average Bonchev–Trinajstić information content (AvgIpc) is 3.01. The van der Waals surface area contributed by atoms with Crippen LogP contribution in [0.2, 0.25) is 0 Å². The minimum absolute atomic E-state index is 0.0653. The largest absolute Gasteiger partial charge is 0.497 e. The fourth-order valence-electron chi connectivity index (χ4n) is 2.69. The summed E-state index contributed by atoms with van der Waals surface area (Å²) in [7, 11) is 1.56. The van der Waals surface area contributed by atoms with Crippen molar-refractivity contribution in [1.82, 2.24) is 15.2 Å². The number of carbonyl (C=O) groups is 2. The minimum atomic E-state index is -0.466. The number of benzene rings is 2. The molecule has 9 heteroatoms. The third-order valence-electron chi connectivity index (χ3n) is 4.41. The molecule has 1 heterocycles. The van der Waals surface area contributed by atoms with Crippen LogP contribution >= 0.6 is 15.9 Å². The van der Waals surface area contributed by atoms with E-state index in [1.807, 2.05) is 13.8 Å². The first-order valence-electron chi connectivity index (χ1n) is 9.35. The molecule has 3 aromatic rings. The lowest BCUT2D eigenvalue weighted by Crippen LogP contribution is -2.24. The van der Waals surface area contributed by atoms with E-state index in [9.17, 15) is 9.59 Å². The van der Waals surface area contributed by atoms with Crippen LogP contribution in [0.5, 0.6) is 11.5 Å². The maximum Gasteiger partial charge on any atom is 0.343 e. The molecule has 0 spiro atoms. The van der Waals surface area contributed by atoms with Gasteiger partial charge in [0.1, 0.15) is 18.0 Å². The molecule has 160 valence electrons. The monoisotopic (exact) mass is 484 g/mol. The van der Waals surface area contributed by atoms with Crippen LogP contribution in [0.25, 0.3) is 0 Å². The number of nitrogens with one attached hydrogen (secondary N) is 1. The summed E-state index contributed by atoms with van der Waals surface area (Å²) in [4.78, 5) is 24.3. The summed E-state index contributed by atoms with van der Waals surface area (Å²) >= 11 is 3.43. The third-order valence-corrected chi connectivity index (χ3v) is 5.55. The van der Waals surface area contributed by atoms with Gasteiger partial charge in [-0.3, -0.25) is 9.48 Å². The van der Waals surface area contributed by atoms with E-state index >= 15 is 0 Å². The highest BCUT2D eigenvalue weighted by Gasteiger charge is 2.11. The molecule has 1 aromatic heterocycles. The van der Waals surface area contributed by atoms with Gasteiger partial charge in [-0.25, -0.2) is 10.2 Å². The molecule has 3 rings (SSSR count). The summed E-state index contributed by atoms with van der Waals surface area (Å²) in [5, 5.41) is 8.24. The van der Waals surface area contributed by atoms with Gasteiger partial charge in [0.05, 0.1) is 34.7 Å². The second-order valence-corrected chi connectivity index (χ2v) is 7.42. The van der Waals surface area contributed by atoms with Gasteiger partial charge in [0.25, 0.3) is 5.91 Å². The number of hydrogen-bond donors (Lipinski definition) is 1. The van der Waals surface area contributed by atoms with Crippen LogP contribution < -0.4 is 14.9 Å². The Morgan fingerprint density at radius 2 is 1.74 bits per heavy atom. The van der Waals surface area contributed by atoms with Crippen LogP contribution in [0.3, 0.4) is 0 Å². The lowest BCUT2D eigenvalue weighted by atomic mass is 10.2. The van der Waals surface area contributed by atoms with Crippen LogP contribution in [0.1, 0.15) is 27.3 Å². The van der Waals surface area contributed by atoms with Crippen molar-refractivity contribution in [3.63, 3.8) is 0 Å². The zero-order valence-corrected chi connectivity index (χ0v) is 18.8. The van der Waals surface area contributed by atoms with Crippen molar-refractivity contribution < 1.29 is 19.1 Å². The summed E-state index contributed by atoms with van der Waals surface area (Å²) in [6, 6.07) is 13.4. The Morgan fingerprint density at radius 3 is 2.32 bits per heavy atom. The number of rotatable bonds is 7. The van der Waals surface area contributed by atoms with Gasteiger partial charge in [-0.15, -0.1) is 0 Å². The molecule has 0 atom stereocenters. The highest BCUT2D eigenvalue weighted by atomic mass is 79.9. The maximum atomic E-state index is 12.2. The van der Waals surface area contributed by atoms with Gasteiger partial charge in [-0.05, 0) is 83.9 Å². The van der Waals surface area contributed by atoms with Crippen molar-refractivity contribution in [3.8, 4) is 11.5 Å². The van der Waals surface area contributed by atoms with Crippen molar-refractivity contribution in [2.75, 3.05) is 7.11 Å². The first-order chi connectivity index (χ1) is 14.9. The number of aromatic nitrogens is 2. The number of methoxy groups -OCH3 is 1. The molecule has 31 heavy (non-hydrogen) atoms. The van der Waals surface area contributed by atoms with E-state index in [-0.39, 0.29) is 12.5 Å². The fourth-order valence-corrected chi connectivity index (χ4v) is 2.98. The zero-order valence-electron chi connectivity index (χ0n) is 17.3. The van der Waals surface area contributed by atoms with Gasteiger partial charge < -0.3 is 9.47 Å². The molecule has 0 saturated carbocycles. The van der Waals surface area contributed by atoms with E-state index in [2.05, 4.69) is 31.6 Å². The smallest absolute Gasteiger partial charge is 0.343 e. The summed E-state index contributed by atoms with van der Waals surface area (Å²) in [5.41, 5.74) is 5.32. The van der Waals surface area contributed by atoms with E-state index in [1.165, 1.54) is 6.21 Å². The number of halogens is 1. The molecule has 0 fully saturated rings. The summed E-state index contributed by atoms with van der Waals surface area (Å²) in [5.74, 6) is 0.304. The Morgan fingerprint density at radius 1 is 1.10 bits per heavy atom. The number of esters is 1. The van der Waals surface area contributed by atoms with Crippen molar-refractivity contribution in [2.24, 2.45) is 5.10 Å². The normalized spacial score (nSPS) is 10.8. The quantitative estimate of drug-likeness (QED) is 0.239. The highest BCUT2D eigenvalue weighted by Crippen LogP contribution is 2.19. The number of carbonyl (C=O) groups excluding carboxylic acids is 2. The standard InChI is InChI=1S/C22H21BrN4O4/c1-14-21(23)15(2)27(26-14)13-20(28)25-24-12-16-4-8-19(9-5-16)31-22(29)17-6-10-18(30-3)11-7-17/h4-12H,13H2,1-3H3,(H,25,28)/b24-12+. The molecular weight excluding hydrogens is 464 g/mol. The van der Waals surface area contributed by atoms with Crippen LogP contribution in [0.15, 0.2) is 58.1 Å². The van der Waals surface area contributed by atoms with Gasteiger partial charge in [0, 0.05) is 0 Å². The topological polar surface area (TPSA) is 94.8 Å². The van der Waals surface area contributed by atoms with Gasteiger partial charge in [-0.1, -0.05) is 0 Å². The molecule has 0 radical (unpaired) electrons. The lowest BCUT2D eigenvalue weighted by molar-refractivity contribution is -0.121. The Labute approximate surface area is 188 Å². The molecule has 1 N–H and O–H groups in total. The van der Waals surface area contributed by atoms with Crippen LogP contribution in [-0.2, 0) is 11.3 Å². The molecule has 0 bridgehead atoms. The SMILES string of the molecule is COc1ccc(C(=O)Oc2ccc(/C=N/NC(=O)Cn3nc(C)c(Br)c3C)cc2)cc1. The first-order valence-corrected chi connectivity index (χ1v) is 10.1. The average molecular weight is 485 g/mol. The number of hydrogen-bond acceptors (Lipinski definition) is 6. The molecule has 1 amide bonds. The second kappa shape index (κ2) is 10.0. The van der Waals surface area contributed by atoms with Gasteiger partial charge in [0.15, 0.2) is 0 Å². The molecule has 0 aliphatic rings. The minimum Gasteiger partial charge on any atom is -0.497 e. The lowest BCUT2D eigenvalue weighted by Gasteiger charge is -2.05. The van der Waals surface area contributed by atoms with E-state index in [0.717, 1.165) is 21.4 Å². The Kier molecular flexibility index (Phi) is 7.19. The van der Waals surface area contributed by atoms with E-state index < -0.39 is 5.97 Å². The zero-order chi connectivity index (χ0) is 22.4. The molecule has 0 unspecified atom stereocenters. The van der Waals surface area contributed by atoms with E-state index in [4.69, 9.17) is 9.47 Å². The third kappa shape index (κ3) is 5.79. The second-order valence-electron chi connectivity index (χ2n) is 6.62. The van der Waals surface area contributed by atoms with Crippen molar-refractivity contribution >= 4 is 34.0 Å². The molecular formula is C22H21BrN4O4.